The second-order valence-corrected chi connectivity index (χ2v) is 7.36. The van der Waals surface area contributed by atoms with Gasteiger partial charge in [0.2, 0.25) is 0 Å². The molecule has 1 aromatic heterocycles. The lowest BCUT2D eigenvalue weighted by Crippen LogP contribution is -2.48. The predicted molar refractivity (Wildman–Crippen MR) is 115 cm³/mol. The Bertz CT molecular complexity index is 936. The molecule has 1 aliphatic heterocycles. The van der Waals surface area contributed by atoms with Gasteiger partial charge in [-0.3, -0.25) is 4.90 Å². The number of nitrogens with zero attached hydrogens (tertiary/aromatic N) is 3. The van der Waals surface area contributed by atoms with E-state index in [2.05, 4.69) is 20.3 Å². The summed E-state index contributed by atoms with van der Waals surface area (Å²) in [5.41, 5.74) is 2.79. The van der Waals surface area contributed by atoms with Gasteiger partial charge in [0.1, 0.15) is 17.3 Å². The number of piperazine rings is 1. The van der Waals surface area contributed by atoms with Gasteiger partial charge in [-0.05, 0) is 36.4 Å². The maximum absolute atomic E-state index is 13.1. The highest BCUT2D eigenvalue weighted by Crippen LogP contribution is 2.28. The van der Waals surface area contributed by atoms with Crippen LogP contribution in [0.1, 0.15) is 5.76 Å². The van der Waals surface area contributed by atoms with E-state index in [0.717, 1.165) is 67.7 Å². The molecule has 30 heavy (non-hydrogen) atoms. The number of methoxy groups -OCH3 is 1. The largest absolute Gasteiger partial charge is 0.496 e. The van der Waals surface area contributed by atoms with Crippen molar-refractivity contribution in [2.45, 2.75) is 6.54 Å². The van der Waals surface area contributed by atoms with Crippen molar-refractivity contribution in [3.63, 3.8) is 0 Å². The molecule has 0 saturated carbocycles. The van der Waals surface area contributed by atoms with Gasteiger partial charge in [-0.25, -0.2) is 4.39 Å². The minimum absolute atomic E-state index is 0.190. The van der Waals surface area contributed by atoms with Crippen LogP contribution in [0.4, 0.5) is 10.1 Å². The molecule has 1 fully saturated rings. The van der Waals surface area contributed by atoms with Crippen molar-refractivity contribution in [3.05, 3.63) is 66.2 Å². The lowest BCUT2D eigenvalue weighted by Gasteiger charge is -2.36. The topological polar surface area (TPSA) is 53.8 Å². The highest BCUT2D eigenvalue weighted by Gasteiger charge is 2.17. The average molecular weight is 410 g/mol. The molecule has 0 bridgehead atoms. The number of rotatable bonds is 8. The van der Waals surface area contributed by atoms with Crippen molar-refractivity contribution < 1.29 is 13.7 Å². The van der Waals surface area contributed by atoms with Gasteiger partial charge in [0.15, 0.2) is 5.76 Å². The summed E-state index contributed by atoms with van der Waals surface area (Å²) in [7, 11) is 1.65. The van der Waals surface area contributed by atoms with Crippen molar-refractivity contribution in [2.75, 3.05) is 51.3 Å². The molecule has 158 valence electrons. The summed E-state index contributed by atoms with van der Waals surface area (Å²) in [6, 6.07) is 16.5. The van der Waals surface area contributed by atoms with Gasteiger partial charge >= 0.3 is 0 Å². The maximum Gasteiger partial charge on any atom is 0.151 e. The fourth-order valence-electron chi connectivity index (χ4n) is 3.71. The molecule has 0 atom stereocenters. The smallest absolute Gasteiger partial charge is 0.151 e. The van der Waals surface area contributed by atoms with Crippen LogP contribution in [0.3, 0.4) is 0 Å². The minimum atomic E-state index is -0.190. The van der Waals surface area contributed by atoms with Gasteiger partial charge in [0.05, 0.1) is 13.7 Å². The number of para-hydroxylation sites is 1. The molecule has 7 heteroatoms. The van der Waals surface area contributed by atoms with Crippen LogP contribution in [0.15, 0.2) is 59.1 Å². The Balaban J connectivity index is 1.19. The quantitative estimate of drug-likeness (QED) is 0.575. The van der Waals surface area contributed by atoms with Crippen LogP contribution in [-0.4, -0.2) is 56.4 Å². The predicted octanol–water partition coefficient (Wildman–Crippen LogP) is 3.40. The first-order valence-corrected chi connectivity index (χ1v) is 10.3. The van der Waals surface area contributed by atoms with Gasteiger partial charge in [0.25, 0.3) is 0 Å². The van der Waals surface area contributed by atoms with Gasteiger partial charge < -0.3 is 19.5 Å². The zero-order valence-corrected chi connectivity index (χ0v) is 17.2. The van der Waals surface area contributed by atoms with Crippen LogP contribution < -0.4 is 15.0 Å². The molecular weight excluding hydrogens is 383 g/mol. The summed E-state index contributed by atoms with van der Waals surface area (Å²) in [6.45, 7) is 6.40. The first kappa shape index (κ1) is 20.4. The van der Waals surface area contributed by atoms with Crippen LogP contribution in [0.2, 0.25) is 0 Å². The molecule has 2 heterocycles. The fourth-order valence-corrected chi connectivity index (χ4v) is 3.71. The Labute approximate surface area is 176 Å². The van der Waals surface area contributed by atoms with Crippen molar-refractivity contribution in [1.29, 1.82) is 0 Å². The van der Waals surface area contributed by atoms with Gasteiger partial charge in [-0.2, -0.15) is 0 Å². The van der Waals surface area contributed by atoms with Crippen molar-refractivity contribution in [3.8, 4) is 17.0 Å². The van der Waals surface area contributed by atoms with Crippen LogP contribution in [0.25, 0.3) is 11.3 Å². The minimum Gasteiger partial charge on any atom is -0.496 e. The van der Waals surface area contributed by atoms with Gasteiger partial charge in [0, 0.05) is 56.6 Å². The van der Waals surface area contributed by atoms with E-state index in [-0.39, 0.29) is 5.82 Å². The number of aromatic nitrogens is 1. The Morgan fingerprint density at radius 2 is 1.83 bits per heavy atom. The number of ether oxygens (including phenoxy) is 1. The number of hydrogen-bond donors (Lipinski definition) is 1. The van der Waals surface area contributed by atoms with E-state index < -0.39 is 0 Å². The molecule has 2 aromatic carbocycles. The number of hydrogen-bond acceptors (Lipinski definition) is 6. The monoisotopic (exact) mass is 410 g/mol. The second-order valence-electron chi connectivity index (χ2n) is 7.36. The number of halogens is 1. The standard InChI is InChI=1S/C23H27FN4O2/c1-29-23-5-3-2-4-21(23)22-16-20(30-26-22)17-25-10-11-27-12-14-28(15-13-27)19-8-6-18(24)7-9-19/h2-9,16,25H,10-15,17H2,1H3. The molecule has 6 nitrogen and oxygen atoms in total. The molecule has 4 rings (SSSR count). The number of benzene rings is 2. The zero-order chi connectivity index (χ0) is 20.8. The molecule has 0 aliphatic carbocycles. The van der Waals surface area contributed by atoms with Gasteiger partial charge in [-0.1, -0.05) is 17.3 Å². The van der Waals surface area contributed by atoms with E-state index >= 15 is 0 Å². The van der Waals surface area contributed by atoms with Crippen molar-refractivity contribution in [2.24, 2.45) is 0 Å². The fraction of sp³-hybridized carbons (Fsp3) is 0.348. The molecule has 0 amide bonds. The first-order chi connectivity index (χ1) is 14.7. The van der Waals surface area contributed by atoms with Crippen LogP contribution >= 0.6 is 0 Å². The summed E-state index contributed by atoms with van der Waals surface area (Å²) in [5, 5.41) is 7.60. The van der Waals surface area contributed by atoms with Crippen LogP contribution in [0.5, 0.6) is 5.75 Å². The third kappa shape index (κ3) is 4.98. The normalized spacial score (nSPS) is 14.8. The molecular formula is C23H27FN4O2. The molecule has 0 unspecified atom stereocenters. The third-order valence-corrected chi connectivity index (χ3v) is 5.41. The summed E-state index contributed by atoms with van der Waals surface area (Å²) >= 11 is 0. The summed E-state index contributed by atoms with van der Waals surface area (Å²) < 4.78 is 23.9. The lowest BCUT2D eigenvalue weighted by molar-refractivity contribution is 0.255. The Morgan fingerprint density at radius 3 is 2.60 bits per heavy atom. The molecule has 1 aliphatic rings. The summed E-state index contributed by atoms with van der Waals surface area (Å²) in [5.74, 6) is 1.40. The zero-order valence-electron chi connectivity index (χ0n) is 17.2. The Morgan fingerprint density at radius 1 is 1.07 bits per heavy atom. The Kier molecular flexibility index (Phi) is 6.61. The highest BCUT2D eigenvalue weighted by atomic mass is 19.1. The van der Waals surface area contributed by atoms with Crippen molar-refractivity contribution in [1.82, 2.24) is 15.4 Å². The van der Waals surface area contributed by atoms with E-state index in [1.54, 1.807) is 7.11 Å². The molecule has 0 radical (unpaired) electrons. The van der Waals surface area contributed by atoms with E-state index in [0.29, 0.717) is 6.54 Å². The second kappa shape index (κ2) is 9.73. The van der Waals surface area contributed by atoms with E-state index in [9.17, 15) is 4.39 Å². The van der Waals surface area contributed by atoms with Gasteiger partial charge in [-0.15, -0.1) is 0 Å². The SMILES string of the molecule is COc1ccccc1-c1cc(CNCCN2CCN(c3ccc(F)cc3)CC2)on1. The highest BCUT2D eigenvalue weighted by molar-refractivity contribution is 5.66. The average Bonchev–Trinajstić information content (AvgIpc) is 3.26. The van der Waals surface area contributed by atoms with E-state index in [1.165, 1.54) is 12.1 Å². The summed E-state index contributed by atoms with van der Waals surface area (Å²) in [4.78, 5) is 4.74. The molecule has 0 spiro atoms. The Hall–Kier alpha value is -2.90. The van der Waals surface area contributed by atoms with Crippen molar-refractivity contribution >= 4 is 5.69 Å². The first-order valence-electron chi connectivity index (χ1n) is 10.3. The van der Waals surface area contributed by atoms with E-state index in [1.807, 2.05) is 42.5 Å². The van der Waals surface area contributed by atoms with Crippen LogP contribution in [0, 0.1) is 5.82 Å². The third-order valence-electron chi connectivity index (χ3n) is 5.41. The summed E-state index contributed by atoms with van der Waals surface area (Å²) in [6.07, 6.45) is 0. The van der Waals surface area contributed by atoms with E-state index in [4.69, 9.17) is 9.26 Å². The lowest BCUT2D eigenvalue weighted by atomic mass is 10.1. The molecule has 1 saturated heterocycles. The number of anilines is 1. The van der Waals surface area contributed by atoms with Crippen LogP contribution in [-0.2, 0) is 6.54 Å². The maximum atomic E-state index is 13.1. The molecule has 1 N–H and O–H groups in total. The molecule has 3 aromatic rings. The number of nitrogens with one attached hydrogen (secondary N) is 1.